The van der Waals surface area contributed by atoms with Crippen molar-refractivity contribution in [1.29, 1.82) is 0 Å². The van der Waals surface area contributed by atoms with Gasteiger partial charge < -0.3 is 10.1 Å². The summed E-state index contributed by atoms with van der Waals surface area (Å²) in [7, 11) is 1.48. The van der Waals surface area contributed by atoms with E-state index in [2.05, 4.69) is 36.5 Å². The molecule has 1 fully saturated rings. The molecule has 2 rings (SSSR count). The van der Waals surface area contributed by atoms with Gasteiger partial charge in [-0.1, -0.05) is 29.8 Å². The van der Waals surface area contributed by atoms with Gasteiger partial charge in [-0.2, -0.15) is 0 Å². The van der Waals surface area contributed by atoms with E-state index >= 15 is 0 Å². The van der Waals surface area contributed by atoms with Crippen LogP contribution in [0.1, 0.15) is 36.8 Å². The largest absolute Gasteiger partial charge is 0.469 e. The number of aryl methyl sites for hydroxylation is 1. The number of hydrogen-bond donors (Lipinski definition) is 1. The molecule has 1 aromatic carbocycles. The van der Waals surface area contributed by atoms with Gasteiger partial charge in [0.2, 0.25) is 0 Å². The Morgan fingerprint density at radius 1 is 1.32 bits per heavy atom. The third-order valence-corrected chi connectivity index (χ3v) is 3.94. The van der Waals surface area contributed by atoms with Crippen molar-refractivity contribution in [2.75, 3.05) is 7.11 Å². The Morgan fingerprint density at radius 2 is 2.05 bits per heavy atom. The van der Waals surface area contributed by atoms with Gasteiger partial charge in [0.1, 0.15) is 0 Å². The summed E-state index contributed by atoms with van der Waals surface area (Å²) < 4.78 is 4.81. The average molecular weight is 261 g/mol. The summed E-state index contributed by atoms with van der Waals surface area (Å²) in [5.41, 5.74) is 2.63. The standard InChI is InChI=1S/C16H23NO2/c1-12-4-3-5-13(10-12)11-17-15-8-6-14(7-9-15)16(18)19-2/h3-5,10,14-15,17H,6-9,11H2,1-2H3. The van der Waals surface area contributed by atoms with Gasteiger partial charge in [-0.15, -0.1) is 0 Å². The number of nitrogens with one attached hydrogen (secondary N) is 1. The van der Waals surface area contributed by atoms with Crippen LogP contribution in [0.3, 0.4) is 0 Å². The van der Waals surface area contributed by atoms with Crippen LogP contribution >= 0.6 is 0 Å². The van der Waals surface area contributed by atoms with Crippen LogP contribution in [-0.4, -0.2) is 19.1 Å². The highest BCUT2D eigenvalue weighted by Gasteiger charge is 2.26. The summed E-state index contributed by atoms with van der Waals surface area (Å²) >= 11 is 0. The molecular formula is C16H23NO2. The Labute approximate surface area is 115 Å². The normalized spacial score (nSPS) is 23.1. The number of carbonyl (C=O) groups excluding carboxylic acids is 1. The molecule has 0 aliphatic heterocycles. The lowest BCUT2D eigenvalue weighted by Crippen LogP contribution is -2.34. The second-order valence-electron chi connectivity index (χ2n) is 5.44. The van der Waals surface area contributed by atoms with Crippen molar-refractivity contribution in [1.82, 2.24) is 5.32 Å². The molecule has 1 aliphatic carbocycles. The van der Waals surface area contributed by atoms with Gasteiger partial charge in [-0.3, -0.25) is 4.79 Å². The van der Waals surface area contributed by atoms with E-state index in [0.29, 0.717) is 6.04 Å². The fraction of sp³-hybridized carbons (Fsp3) is 0.562. The van der Waals surface area contributed by atoms with E-state index < -0.39 is 0 Å². The number of rotatable bonds is 4. The molecule has 0 saturated heterocycles. The van der Waals surface area contributed by atoms with Crippen LogP contribution in [0.5, 0.6) is 0 Å². The molecule has 3 heteroatoms. The number of ether oxygens (including phenoxy) is 1. The Bertz CT molecular complexity index is 423. The van der Waals surface area contributed by atoms with Crippen LogP contribution in [0.15, 0.2) is 24.3 Å². The molecule has 0 bridgehead atoms. The highest BCUT2D eigenvalue weighted by molar-refractivity contribution is 5.72. The second kappa shape index (κ2) is 6.71. The summed E-state index contributed by atoms with van der Waals surface area (Å²) in [4.78, 5) is 11.4. The van der Waals surface area contributed by atoms with Gasteiger partial charge in [-0.25, -0.2) is 0 Å². The lowest BCUT2D eigenvalue weighted by molar-refractivity contribution is -0.146. The maximum Gasteiger partial charge on any atom is 0.308 e. The van der Waals surface area contributed by atoms with Crippen LogP contribution in [0.25, 0.3) is 0 Å². The van der Waals surface area contributed by atoms with Crippen LogP contribution in [-0.2, 0) is 16.1 Å². The third-order valence-electron chi connectivity index (χ3n) is 3.94. The highest BCUT2D eigenvalue weighted by Crippen LogP contribution is 2.25. The van der Waals surface area contributed by atoms with Gasteiger partial charge in [0.05, 0.1) is 13.0 Å². The quantitative estimate of drug-likeness (QED) is 0.847. The zero-order valence-electron chi connectivity index (χ0n) is 11.8. The predicted octanol–water partition coefficient (Wildman–Crippen LogP) is 2.82. The fourth-order valence-electron chi connectivity index (χ4n) is 2.78. The number of hydrogen-bond acceptors (Lipinski definition) is 3. The number of carbonyl (C=O) groups is 1. The summed E-state index contributed by atoms with van der Waals surface area (Å²) in [6.45, 7) is 3.03. The molecule has 0 amide bonds. The molecule has 0 atom stereocenters. The molecule has 1 N–H and O–H groups in total. The van der Waals surface area contributed by atoms with E-state index in [1.54, 1.807) is 0 Å². The first-order valence-corrected chi connectivity index (χ1v) is 7.06. The monoisotopic (exact) mass is 261 g/mol. The Hall–Kier alpha value is -1.35. The van der Waals surface area contributed by atoms with Crippen LogP contribution in [0, 0.1) is 12.8 Å². The van der Waals surface area contributed by atoms with Gasteiger partial charge in [-0.05, 0) is 38.2 Å². The van der Waals surface area contributed by atoms with Crippen molar-refractivity contribution in [2.24, 2.45) is 5.92 Å². The van der Waals surface area contributed by atoms with E-state index in [0.717, 1.165) is 32.2 Å². The molecule has 0 heterocycles. The molecule has 0 aromatic heterocycles. The van der Waals surface area contributed by atoms with Crippen LogP contribution < -0.4 is 5.32 Å². The van der Waals surface area contributed by atoms with E-state index in [1.165, 1.54) is 18.2 Å². The summed E-state index contributed by atoms with van der Waals surface area (Å²) in [6.07, 6.45) is 4.01. The molecule has 1 aromatic rings. The first kappa shape index (κ1) is 14.1. The summed E-state index contributed by atoms with van der Waals surface area (Å²) in [6, 6.07) is 9.11. The molecule has 1 saturated carbocycles. The minimum atomic E-state index is -0.0443. The molecule has 0 spiro atoms. The minimum absolute atomic E-state index is 0.0443. The smallest absolute Gasteiger partial charge is 0.308 e. The van der Waals surface area contributed by atoms with E-state index in [-0.39, 0.29) is 11.9 Å². The predicted molar refractivity (Wildman–Crippen MR) is 75.8 cm³/mol. The molecule has 0 radical (unpaired) electrons. The maximum absolute atomic E-state index is 11.4. The number of benzene rings is 1. The van der Waals surface area contributed by atoms with Crippen molar-refractivity contribution in [3.05, 3.63) is 35.4 Å². The van der Waals surface area contributed by atoms with E-state index in [9.17, 15) is 4.79 Å². The van der Waals surface area contributed by atoms with Crippen molar-refractivity contribution in [3.63, 3.8) is 0 Å². The Morgan fingerprint density at radius 3 is 2.68 bits per heavy atom. The third kappa shape index (κ3) is 4.06. The van der Waals surface area contributed by atoms with Crippen molar-refractivity contribution in [3.8, 4) is 0 Å². The van der Waals surface area contributed by atoms with Crippen molar-refractivity contribution >= 4 is 5.97 Å². The average Bonchev–Trinajstić information content (AvgIpc) is 2.45. The van der Waals surface area contributed by atoms with Crippen molar-refractivity contribution in [2.45, 2.75) is 45.2 Å². The van der Waals surface area contributed by atoms with Gasteiger partial charge in [0.15, 0.2) is 0 Å². The molecule has 19 heavy (non-hydrogen) atoms. The lowest BCUT2D eigenvalue weighted by Gasteiger charge is -2.27. The Kier molecular flexibility index (Phi) is 4.97. The molecule has 0 unspecified atom stereocenters. The topological polar surface area (TPSA) is 38.3 Å². The maximum atomic E-state index is 11.4. The zero-order chi connectivity index (χ0) is 13.7. The van der Waals surface area contributed by atoms with Gasteiger partial charge in [0, 0.05) is 12.6 Å². The van der Waals surface area contributed by atoms with E-state index in [4.69, 9.17) is 4.74 Å². The fourth-order valence-corrected chi connectivity index (χ4v) is 2.78. The molecule has 1 aliphatic rings. The first-order chi connectivity index (χ1) is 9.19. The number of esters is 1. The lowest BCUT2D eigenvalue weighted by atomic mass is 9.86. The summed E-state index contributed by atoms with van der Waals surface area (Å²) in [5, 5.41) is 3.59. The zero-order valence-corrected chi connectivity index (χ0v) is 11.8. The van der Waals surface area contributed by atoms with Gasteiger partial charge >= 0.3 is 5.97 Å². The van der Waals surface area contributed by atoms with Crippen molar-refractivity contribution < 1.29 is 9.53 Å². The van der Waals surface area contributed by atoms with Crippen LogP contribution in [0.4, 0.5) is 0 Å². The first-order valence-electron chi connectivity index (χ1n) is 7.06. The minimum Gasteiger partial charge on any atom is -0.469 e. The van der Waals surface area contributed by atoms with E-state index in [1.807, 2.05) is 0 Å². The van der Waals surface area contributed by atoms with Crippen LogP contribution in [0.2, 0.25) is 0 Å². The Balaban J connectivity index is 1.75. The molecule has 104 valence electrons. The molecular weight excluding hydrogens is 238 g/mol. The second-order valence-corrected chi connectivity index (χ2v) is 5.44. The number of methoxy groups -OCH3 is 1. The molecule has 3 nitrogen and oxygen atoms in total. The SMILES string of the molecule is COC(=O)C1CCC(NCc2cccc(C)c2)CC1. The summed E-state index contributed by atoms with van der Waals surface area (Å²) in [5.74, 6) is 0.0687. The van der Waals surface area contributed by atoms with Gasteiger partial charge in [0.25, 0.3) is 0 Å². The highest BCUT2D eigenvalue weighted by atomic mass is 16.5.